The number of rotatable bonds is 2. The van der Waals surface area contributed by atoms with Crippen molar-refractivity contribution in [2.24, 2.45) is 11.3 Å². The molecular formula is C28H34O6. The fourth-order valence-electron chi connectivity index (χ4n) is 8.30. The molecule has 6 nitrogen and oxygen atoms in total. The lowest BCUT2D eigenvalue weighted by atomic mass is 9.49. The summed E-state index contributed by atoms with van der Waals surface area (Å²) in [6.45, 7) is 8.14. The van der Waals surface area contributed by atoms with Crippen LogP contribution in [0.1, 0.15) is 81.9 Å². The van der Waals surface area contributed by atoms with Crippen molar-refractivity contribution in [1.82, 2.24) is 0 Å². The number of epoxide rings is 2. The Labute approximate surface area is 200 Å². The van der Waals surface area contributed by atoms with E-state index in [9.17, 15) is 15.0 Å². The van der Waals surface area contributed by atoms with Gasteiger partial charge in [-0.1, -0.05) is 19.1 Å². The Bertz CT molecular complexity index is 1140. The van der Waals surface area contributed by atoms with Crippen molar-refractivity contribution in [3.8, 4) is 5.75 Å². The minimum Gasteiger partial charge on any atom is -0.508 e. The van der Waals surface area contributed by atoms with Gasteiger partial charge in [-0.25, -0.2) is 0 Å². The van der Waals surface area contributed by atoms with Crippen LogP contribution in [0.3, 0.4) is 0 Å². The highest BCUT2D eigenvalue weighted by molar-refractivity contribution is 5.98. The lowest BCUT2D eigenvalue weighted by molar-refractivity contribution is -0.187. The number of benzene rings is 1. The predicted molar refractivity (Wildman–Crippen MR) is 124 cm³/mol. The van der Waals surface area contributed by atoms with E-state index >= 15 is 0 Å². The van der Waals surface area contributed by atoms with Gasteiger partial charge in [0.25, 0.3) is 0 Å². The summed E-state index contributed by atoms with van der Waals surface area (Å²) in [5, 5.41) is 21.8. The SMILES string of the molecule is C[C@@H](c1cc(O)c2c(c1)CCC1C2C[C@@H]2O[C@@]23CC=CC(=O)[C@]13C)C1C[C@]2(C)O[C@]2(C)[C@H](O)O1. The van der Waals surface area contributed by atoms with Gasteiger partial charge in [0, 0.05) is 17.9 Å². The summed E-state index contributed by atoms with van der Waals surface area (Å²) in [4.78, 5) is 13.2. The summed E-state index contributed by atoms with van der Waals surface area (Å²) in [5.41, 5.74) is 1.35. The molecule has 3 unspecified atom stereocenters. The quantitative estimate of drug-likeness (QED) is 0.643. The molecule has 1 aromatic carbocycles. The minimum atomic E-state index is -0.949. The Morgan fingerprint density at radius 3 is 2.76 bits per heavy atom. The fraction of sp³-hybridized carbons (Fsp3) is 0.679. The lowest BCUT2D eigenvalue weighted by Crippen LogP contribution is -2.56. The van der Waals surface area contributed by atoms with E-state index in [2.05, 4.69) is 19.9 Å². The van der Waals surface area contributed by atoms with Gasteiger partial charge in [-0.2, -0.15) is 0 Å². The first-order valence-corrected chi connectivity index (χ1v) is 12.8. The van der Waals surface area contributed by atoms with Gasteiger partial charge < -0.3 is 24.4 Å². The largest absolute Gasteiger partial charge is 0.508 e. The Balaban J connectivity index is 1.21. The van der Waals surface area contributed by atoms with Crippen molar-refractivity contribution in [2.75, 3.05) is 0 Å². The average molecular weight is 467 g/mol. The second kappa shape index (κ2) is 6.33. The highest BCUT2D eigenvalue weighted by Gasteiger charge is 2.76. The molecule has 3 saturated heterocycles. The molecule has 0 bridgehead atoms. The third-order valence-corrected chi connectivity index (χ3v) is 10.8. The highest BCUT2D eigenvalue weighted by Crippen LogP contribution is 2.69. The van der Waals surface area contributed by atoms with Crippen LogP contribution in [0, 0.1) is 11.3 Å². The molecule has 4 fully saturated rings. The summed E-state index contributed by atoms with van der Waals surface area (Å²) in [7, 11) is 0. The van der Waals surface area contributed by atoms with Crippen molar-refractivity contribution in [3.63, 3.8) is 0 Å². The molecule has 3 aliphatic carbocycles. The minimum absolute atomic E-state index is 0.00231. The van der Waals surface area contributed by atoms with Gasteiger partial charge in [0.15, 0.2) is 12.1 Å². The van der Waals surface area contributed by atoms with E-state index in [-0.39, 0.29) is 46.9 Å². The summed E-state index contributed by atoms with van der Waals surface area (Å²) in [6.07, 6.45) is 6.82. The van der Waals surface area contributed by atoms with Crippen molar-refractivity contribution >= 4 is 5.78 Å². The number of aliphatic hydroxyl groups is 1. The molecule has 3 heterocycles. The van der Waals surface area contributed by atoms with Gasteiger partial charge in [0.1, 0.15) is 22.6 Å². The maximum atomic E-state index is 13.2. The third-order valence-electron chi connectivity index (χ3n) is 10.8. The van der Waals surface area contributed by atoms with Gasteiger partial charge in [-0.05, 0) is 81.6 Å². The molecule has 0 amide bonds. The van der Waals surface area contributed by atoms with Gasteiger partial charge in [0.2, 0.25) is 0 Å². The van der Waals surface area contributed by atoms with Crippen LogP contribution >= 0.6 is 0 Å². The number of phenols is 1. The Morgan fingerprint density at radius 2 is 2.00 bits per heavy atom. The zero-order chi connectivity index (χ0) is 23.8. The highest BCUT2D eigenvalue weighted by atomic mass is 16.7. The second-order valence-corrected chi connectivity index (χ2v) is 12.2. The number of phenolic OH excluding ortho intramolecular Hbond substituents is 1. The zero-order valence-corrected chi connectivity index (χ0v) is 20.3. The number of hydrogen-bond donors (Lipinski definition) is 2. The number of ether oxygens (including phenoxy) is 3. The van der Waals surface area contributed by atoms with Crippen LogP contribution in [0.5, 0.6) is 5.75 Å². The standard InChI is InChI=1S/C28H34O6/c1-14(20-13-25(2)27(4,34-25)24(31)32-20)16-10-15-7-8-18-17(23(15)19(29)11-16)12-22-28(33-22)9-5-6-21(30)26(18,28)3/h5-6,10-11,14,17-18,20,22,24,29,31H,7-9,12-13H2,1-4H3/t14-,17?,18?,20?,22-,24+,25-,26-,27+,28-/m0/s1. The van der Waals surface area contributed by atoms with E-state index in [4.69, 9.17) is 14.2 Å². The van der Waals surface area contributed by atoms with E-state index in [1.807, 2.05) is 26.0 Å². The number of fused-ring (bicyclic) bond motifs is 5. The Hall–Kier alpha value is -1.73. The van der Waals surface area contributed by atoms with Crippen LogP contribution in [0.25, 0.3) is 0 Å². The third kappa shape index (κ3) is 2.39. The molecule has 10 atom stereocenters. The number of hydrogen-bond acceptors (Lipinski definition) is 6. The smallest absolute Gasteiger partial charge is 0.186 e. The summed E-state index contributed by atoms with van der Waals surface area (Å²) in [6, 6.07) is 4.10. The molecular weight excluding hydrogens is 432 g/mol. The van der Waals surface area contributed by atoms with Crippen molar-refractivity contribution in [1.29, 1.82) is 0 Å². The number of carbonyl (C=O) groups excluding carboxylic acids is 1. The zero-order valence-electron chi connectivity index (χ0n) is 20.3. The van der Waals surface area contributed by atoms with E-state index in [0.717, 1.165) is 36.8 Å². The molecule has 182 valence electrons. The van der Waals surface area contributed by atoms with Crippen LogP contribution in [0.15, 0.2) is 24.3 Å². The van der Waals surface area contributed by atoms with E-state index in [0.29, 0.717) is 12.2 Å². The molecule has 0 aromatic heterocycles. The van der Waals surface area contributed by atoms with Gasteiger partial charge in [-0.15, -0.1) is 0 Å². The Morgan fingerprint density at radius 1 is 1.21 bits per heavy atom. The second-order valence-electron chi connectivity index (χ2n) is 12.2. The maximum Gasteiger partial charge on any atom is 0.186 e. The maximum absolute atomic E-state index is 13.2. The predicted octanol–water partition coefficient (Wildman–Crippen LogP) is 3.87. The van der Waals surface area contributed by atoms with Crippen LogP contribution in [0.2, 0.25) is 0 Å². The van der Waals surface area contributed by atoms with E-state index in [1.54, 1.807) is 6.08 Å². The molecule has 2 N–H and O–H groups in total. The van der Waals surface area contributed by atoms with Crippen LogP contribution in [-0.2, 0) is 25.4 Å². The van der Waals surface area contributed by atoms with Crippen LogP contribution < -0.4 is 0 Å². The first-order valence-electron chi connectivity index (χ1n) is 12.8. The number of allylic oxidation sites excluding steroid dienone is 1. The van der Waals surface area contributed by atoms with Gasteiger partial charge >= 0.3 is 0 Å². The number of ketones is 1. The molecule has 6 heteroatoms. The average Bonchev–Trinajstić information content (AvgIpc) is 3.64. The van der Waals surface area contributed by atoms with Crippen molar-refractivity contribution in [3.05, 3.63) is 41.0 Å². The van der Waals surface area contributed by atoms with Crippen LogP contribution in [-0.4, -0.2) is 51.3 Å². The topological polar surface area (TPSA) is 91.8 Å². The first kappa shape index (κ1) is 21.5. The molecule has 7 rings (SSSR count). The van der Waals surface area contributed by atoms with Crippen molar-refractivity contribution in [2.45, 2.75) is 107 Å². The molecule has 34 heavy (non-hydrogen) atoms. The first-order chi connectivity index (χ1) is 16.0. The number of carbonyl (C=O) groups is 1. The number of aryl methyl sites for hydroxylation is 1. The molecule has 0 radical (unpaired) electrons. The molecule has 1 aromatic rings. The molecule has 1 spiro atoms. The molecule has 6 aliphatic rings. The molecule has 1 saturated carbocycles. The van der Waals surface area contributed by atoms with Crippen molar-refractivity contribution < 1.29 is 29.2 Å². The van der Waals surface area contributed by atoms with E-state index in [1.165, 1.54) is 5.56 Å². The summed E-state index contributed by atoms with van der Waals surface area (Å²) < 4.78 is 18.1. The number of aromatic hydroxyl groups is 1. The Kier molecular flexibility index (Phi) is 4.01. The summed E-state index contributed by atoms with van der Waals surface area (Å²) >= 11 is 0. The van der Waals surface area contributed by atoms with E-state index < -0.39 is 17.3 Å². The van der Waals surface area contributed by atoms with Crippen LogP contribution in [0.4, 0.5) is 0 Å². The number of aliphatic hydroxyl groups excluding tert-OH is 1. The lowest BCUT2D eigenvalue weighted by Gasteiger charge is -2.51. The van der Waals surface area contributed by atoms with Gasteiger partial charge in [0.05, 0.1) is 17.6 Å². The summed E-state index contributed by atoms with van der Waals surface area (Å²) in [5.74, 6) is 0.801. The monoisotopic (exact) mass is 466 g/mol. The fourth-order valence-corrected chi connectivity index (χ4v) is 8.30. The normalized spacial score (nSPS) is 50.9. The van der Waals surface area contributed by atoms with Gasteiger partial charge in [-0.3, -0.25) is 4.79 Å². The molecule has 3 aliphatic heterocycles.